The highest BCUT2D eigenvalue weighted by Gasteiger charge is 2.29. The van der Waals surface area contributed by atoms with Gasteiger partial charge in [0.05, 0.1) is 0 Å². The third-order valence-corrected chi connectivity index (χ3v) is 5.23. The average Bonchev–Trinajstić information content (AvgIpc) is 2.37. The van der Waals surface area contributed by atoms with Crippen LogP contribution in [0.5, 0.6) is 0 Å². The topological polar surface area (TPSA) is 18.5 Å². The summed E-state index contributed by atoms with van der Waals surface area (Å²) in [6.07, 6.45) is 5.08. The van der Waals surface area contributed by atoms with E-state index >= 15 is 0 Å². The third-order valence-electron chi connectivity index (χ3n) is 5.23. The van der Waals surface area contributed by atoms with E-state index in [4.69, 9.17) is 0 Å². The molecule has 0 aromatic rings. The van der Waals surface area contributed by atoms with Gasteiger partial charge in [-0.05, 0) is 59.0 Å². The third kappa shape index (κ3) is 5.08. The van der Waals surface area contributed by atoms with Gasteiger partial charge in [-0.2, -0.15) is 0 Å². The van der Waals surface area contributed by atoms with Gasteiger partial charge >= 0.3 is 0 Å². The number of nitrogens with zero attached hydrogens (tertiary/aromatic N) is 2. The van der Waals surface area contributed by atoms with Crippen LogP contribution in [0.4, 0.5) is 0 Å². The normalized spacial score (nSPS) is 29.5. The van der Waals surface area contributed by atoms with E-state index in [2.05, 4.69) is 55.9 Å². The van der Waals surface area contributed by atoms with Crippen LogP contribution in [-0.2, 0) is 0 Å². The Morgan fingerprint density at radius 1 is 1.24 bits per heavy atom. The molecule has 1 heterocycles. The van der Waals surface area contributed by atoms with Crippen molar-refractivity contribution >= 4 is 0 Å². The Labute approximate surface area is 131 Å². The van der Waals surface area contributed by atoms with E-state index in [9.17, 15) is 0 Å². The van der Waals surface area contributed by atoms with Crippen molar-refractivity contribution in [1.29, 1.82) is 0 Å². The second-order valence-electron chi connectivity index (χ2n) is 8.03. The summed E-state index contributed by atoms with van der Waals surface area (Å²) >= 11 is 0. The van der Waals surface area contributed by atoms with Crippen molar-refractivity contribution in [2.24, 2.45) is 11.8 Å². The lowest BCUT2D eigenvalue weighted by molar-refractivity contribution is 0.0612. The molecule has 0 spiro atoms. The van der Waals surface area contributed by atoms with E-state index in [1.165, 1.54) is 45.6 Å². The molecule has 0 aromatic heterocycles. The fraction of sp³-hybridized carbons (Fsp3) is 0.889. The number of piperazine rings is 1. The maximum Gasteiger partial charge on any atom is 0.0278 e. The minimum atomic E-state index is 0.270. The van der Waals surface area contributed by atoms with E-state index in [-0.39, 0.29) is 5.54 Å². The first kappa shape index (κ1) is 17.0. The fourth-order valence-electron chi connectivity index (χ4n) is 3.95. The van der Waals surface area contributed by atoms with Gasteiger partial charge in [-0.3, -0.25) is 4.90 Å². The summed E-state index contributed by atoms with van der Waals surface area (Å²) < 4.78 is 0. The minimum absolute atomic E-state index is 0.270. The maximum atomic E-state index is 3.76. The van der Waals surface area contributed by atoms with Gasteiger partial charge < -0.3 is 10.2 Å². The highest BCUT2D eigenvalue weighted by molar-refractivity contribution is 5.06. The Morgan fingerprint density at radius 2 is 1.90 bits per heavy atom. The summed E-state index contributed by atoms with van der Waals surface area (Å²) in [5.41, 5.74) is 1.85. The lowest BCUT2D eigenvalue weighted by Gasteiger charge is -2.43. The summed E-state index contributed by atoms with van der Waals surface area (Å²) in [6, 6.07) is 0. The molecule has 1 saturated heterocycles. The molecule has 0 aromatic carbocycles. The quantitative estimate of drug-likeness (QED) is 0.786. The maximum absolute atomic E-state index is 3.76. The van der Waals surface area contributed by atoms with Crippen LogP contribution in [0.2, 0.25) is 0 Å². The summed E-state index contributed by atoms with van der Waals surface area (Å²) in [5.74, 6) is 1.59. The zero-order valence-electron chi connectivity index (χ0n) is 14.8. The molecule has 2 aliphatic rings. The highest BCUT2D eigenvalue weighted by Crippen LogP contribution is 2.27. The number of hydrogen-bond acceptors (Lipinski definition) is 3. The average molecular weight is 293 g/mol. The lowest BCUT2D eigenvalue weighted by Crippen LogP contribution is -2.57. The first-order valence-electron chi connectivity index (χ1n) is 8.68. The van der Waals surface area contributed by atoms with Gasteiger partial charge in [0.15, 0.2) is 0 Å². The number of likely N-dealkylation sites (N-methyl/N-ethyl adjacent to an activating group) is 1. The first-order chi connectivity index (χ1) is 9.87. The Hall–Kier alpha value is -0.380. The molecular formula is C18H35N3. The molecule has 1 aliphatic carbocycles. The second-order valence-corrected chi connectivity index (χ2v) is 8.03. The molecule has 3 heteroatoms. The van der Waals surface area contributed by atoms with Crippen LogP contribution in [0.15, 0.2) is 11.6 Å². The molecular weight excluding hydrogens is 258 g/mol. The van der Waals surface area contributed by atoms with E-state index in [1.807, 2.05) is 0 Å². The van der Waals surface area contributed by atoms with Crippen LogP contribution >= 0.6 is 0 Å². The Bertz CT molecular complexity index is 353. The molecule has 2 unspecified atom stereocenters. The fourth-order valence-corrected chi connectivity index (χ4v) is 3.95. The van der Waals surface area contributed by atoms with Crippen molar-refractivity contribution in [1.82, 2.24) is 15.1 Å². The van der Waals surface area contributed by atoms with Gasteiger partial charge in [-0.15, -0.1) is 0 Å². The number of nitrogens with one attached hydrogen (secondary N) is 1. The van der Waals surface area contributed by atoms with Gasteiger partial charge in [-0.25, -0.2) is 0 Å². The van der Waals surface area contributed by atoms with Crippen LogP contribution in [-0.4, -0.2) is 61.7 Å². The molecule has 1 N–H and O–H groups in total. The van der Waals surface area contributed by atoms with Gasteiger partial charge in [0.25, 0.3) is 0 Å². The molecule has 0 saturated carbocycles. The van der Waals surface area contributed by atoms with Crippen molar-refractivity contribution in [3.05, 3.63) is 11.6 Å². The van der Waals surface area contributed by atoms with Gasteiger partial charge in [0.2, 0.25) is 0 Å². The Balaban J connectivity index is 1.73. The monoisotopic (exact) mass is 293 g/mol. The van der Waals surface area contributed by atoms with Gasteiger partial charge in [0.1, 0.15) is 0 Å². The van der Waals surface area contributed by atoms with E-state index in [0.29, 0.717) is 0 Å². The molecule has 2 atom stereocenters. The Kier molecular flexibility index (Phi) is 5.87. The predicted octanol–water partition coefficient (Wildman–Crippen LogP) is 2.59. The van der Waals surface area contributed by atoms with E-state index in [1.54, 1.807) is 5.57 Å². The van der Waals surface area contributed by atoms with Crippen LogP contribution in [0.25, 0.3) is 0 Å². The predicted molar refractivity (Wildman–Crippen MR) is 91.7 cm³/mol. The van der Waals surface area contributed by atoms with Crippen LogP contribution in [0.1, 0.15) is 40.5 Å². The van der Waals surface area contributed by atoms with Crippen molar-refractivity contribution < 1.29 is 0 Å². The molecule has 0 bridgehead atoms. The lowest BCUT2D eigenvalue weighted by atomic mass is 9.83. The van der Waals surface area contributed by atoms with Crippen molar-refractivity contribution in [2.75, 3.05) is 46.3 Å². The smallest absolute Gasteiger partial charge is 0.0278 e. The largest absolute Gasteiger partial charge is 0.315 e. The number of allylic oxidation sites excluding steroid dienone is 2. The summed E-state index contributed by atoms with van der Waals surface area (Å²) in [7, 11) is 2.22. The molecule has 0 amide bonds. The minimum Gasteiger partial charge on any atom is -0.315 e. The first-order valence-corrected chi connectivity index (χ1v) is 8.68. The zero-order chi connectivity index (χ0) is 15.5. The SMILES string of the molecule is CC1=CC(C)CC(CNCC(C)(C)N2CCN(C)CC2)C1. The summed E-state index contributed by atoms with van der Waals surface area (Å²) in [5, 5.41) is 3.76. The molecule has 1 aliphatic heterocycles. The van der Waals surface area contributed by atoms with E-state index in [0.717, 1.165) is 18.4 Å². The molecule has 122 valence electrons. The number of rotatable bonds is 5. The van der Waals surface area contributed by atoms with Crippen molar-refractivity contribution in [3.63, 3.8) is 0 Å². The van der Waals surface area contributed by atoms with Crippen molar-refractivity contribution in [2.45, 2.75) is 46.1 Å². The van der Waals surface area contributed by atoms with Crippen LogP contribution < -0.4 is 5.32 Å². The molecule has 21 heavy (non-hydrogen) atoms. The molecule has 3 nitrogen and oxygen atoms in total. The molecule has 0 radical (unpaired) electrons. The Morgan fingerprint density at radius 3 is 2.52 bits per heavy atom. The summed E-state index contributed by atoms with van der Waals surface area (Å²) in [4.78, 5) is 5.08. The second kappa shape index (κ2) is 7.26. The highest BCUT2D eigenvalue weighted by atomic mass is 15.3. The van der Waals surface area contributed by atoms with Crippen molar-refractivity contribution in [3.8, 4) is 0 Å². The number of hydrogen-bond donors (Lipinski definition) is 1. The molecule has 2 rings (SSSR count). The van der Waals surface area contributed by atoms with Crippen LogP contribution in [0.3, 0.4) is 0 Å². The van der Waals surface area contributed by atoms with E-state index < -0.39 is 0 Å². The van der Waals surface area contributed by atoms with Gasteiger partial charge in [0, 0.05) is 38.3 Å². The van der Waals surface area contributed by atoms with Crippen LogP contribution in [0, 0.1) is 11.8 Å². The zero-order valence-corrected chi connectivity index (χ0v) is 14.8. The molecule has 1 fully saturated rings. The standard InChI is InChI=1S/C18H35N3/c1-15-10-16(2)12-17(11-15)13-19-14-18(3,4)21-8-6-20(5)7-9-21/h10,15,17,19H,6-9,11-14H2,1-5H3. The summed E-state index contributed by atoms with van der Waals surface area (Å²) in [6.45, 7) is 16.5. The van der Waals surface area contributed by atoms with Gasteiger partial charge in [-0.1, -0.05) is 18.6 Å².